The molecule has 43 heavy (non-hydrogen) atoms. The highest BCUT2D eigenvalue weighted by Crippen LogP contribution is 2.61. The zero-order chi connectivity index (χ0) is 30.3. The van der Waals surface area contributed by atoms with E-state index in [2.05, 4.69) is 10.1 Å². The highest BCUT2D eigenvalue weighted by molar-refractivity contribution is 7.18. The van der Waals surface area contributed by atoms with E-state index >= 15 is 0 Å². The van der Waals surface area contributed by atoms with Gasteiger partial charge in [-0.1, -0.05) is 34.4 Å². The van der Waals surface area contributed by atoms with Crippen molar-refractivity contribution in [3.05, 3.63) is 68.1 Å². The summed E-state index contributed by atoms with van der Waals surface area (Å²) in [6.07, 6.45) is -0.483. The van der Waals surface area contributed by atoms with Gasteiger partial charge in [0.2, 0.25) is 0 Å². The summed E-state index contributed by atoms with van der Waals surface area (Å²) in [5, 5.41) is 26.4. The number of fused-ring (bicyclic) bond motifs is 3. The molecule has 3 saturated carbocycles. The lowest BCUT2D eigenvalue weighted by atomic mass is 9.68. The molecule has 4 atom stereocenters. The summed E-state index contributed by atoms with van der Waals surface area (Å²) in [6, 6.07) is 7.21. The quantitative estimate of drug-likeness (QED) is 0.198. The van der Waals surface area contributed by atoms with Crippen LogP contribution in [0.2, 0.25) is 10.0 Å². The fourth-order valence-corrected chi connectivity index (χ4v) is 8.71. The zero-order valence-electron chi connectivity index (χ0n) is 22.5. The summed E-state index contributed by atoms with van der Waals surface area (Å²) in [4.78, 5) is 15.8. The first-order chi connectivity index (χ1) is 20.5. The number of hydrogen-bond donors (Lipinski definition) is 2. The highest BCUT2D eigenvalue weighted by Gasteiger charge is 2.63. The van der Waals surface area contributed by atoms with Crippen LogP contribution in [-0.2, 0) is 16.9 Å². The van der Waals surface area contributed by atoms with Gasteiger partial charge in [-0.05, 0) is 74.6 Å². The molecule has 2 heterocycles. The minimum atomic E-state index is -2.86. The minimum Gasteiger partial charge on any atom is -0.478 e. The largest absolute Gasteiger partial charge is 0.478 e. The number of carbonyl (C=O) groups is 1. The number of carboxylic acids is 1. The Balaban J connectivity index is 1.21. The number of rotatable bonds is 8. The number of aromatic nitrogens is 2. The maximum absolute atomic E-state index is 15.0. The molecule has 0 aliphatic heterocycles. The number of nitrogens with zero attached hydrogens (tertiary/aromatic N) is 2. The predicted molar refractivity (Wildman–Crippen MR) is 153 cm³/mol. The molecule has 0 amide bonds. The topological polar surface area (TPSA) is 106 Å². The maximum Gasteiger partial charge on any atom is 0.335 e. The van der Waals surface area contributed by atoms with Crippen LogP contribution in [-0.4, -0.2) is 38.3 Å². The van der Waals surface area contributed by atoms with E-state index in [0.717, 1.165) is 30.2 Å². The lowest BCUT2D eigenvalue weighted by Gasteiger charge is -2.47. The van der Waals surface area contributed by atoms with Gasteiger partial charge in [-0.2, -0.15) is 0 Å². The number of ether oxygens (including phenoxy) is 1. The Bertz CT molecular complexity index is 1720. The first kappa shape index (κ1) is 29.0. The smallest absolute Gasteiger partial charge is 0.335 e. The lowest BCUT2D eigenvalue weighted by Crippen LogP contribution is -2.54. The third-order valence-corrected chi connectivity index (χ3v) is 11.0. The average Bonchev–Trinajstić information content (AvgIpc) is 3.53. The van der Waals surface area contributed by atoms with E-state index in [1.807, 2.05) is 0 Å². The molecule has 3 aliphatic rings. The Morgan fingerprint density at radius 3 is 2.42 bits per heavy atom. The first-order valence-electron chi connectivity index (χ1n) is 13.9. The molecule has 7 rings (SSSR count). The standard InChI is InChI=1S/C30H25Cl2F3N2O5S/c31-18-2-1-3-19(32)22(18)23-17(25(42-37-23)13-4-5-13)12-41-29(27(34)35)10-15-6-7-16(11-29)30(15,40)28-36-24-20(33)8-14(26(38)39)9-21(24)43-28/h1-3,8-9,13,15-16,27,40H,4-7,10-12H2,(H,38,39)/t15-,16+,29?,30-. The molecular formula is C30H25Cl2F3N2O5S. The number of hydrogen-bond acceptors (Lipinski definition) is 7. The van der Waals surface area contributed by atoms with Gasteiger partial charge in [-0.3, -0.25) is 0 Å². The average molecular weight is 654 g/mol. The van der Waals surface area contributed by atoms with Gasteiger partial charge in [-0.15, -0.1) is 11.3 Å². The molecule has 3 aliphatic carbocycles. The van der Waals surface area contributed by atoms with E-state index in [0.29, 0.717) is 45.5 Å². The van der Waals surface area contributed by atoms with E-state index in [1.165, 1.54) is 6.07 Å². The van der Waals surface area contributed by atoms with Crippen molar-refractivity contribution in [2.75, 3.05) is 0 Å². The summed E-state index contributed by atoms with van der Waals surface area (Å²) < 4.78 is 56.8. The number of halogens is 5. The van der Waals surface area contributed by atoms with E-state index < -0.39 is 41.2 Å². The van der Waals surface area contributed by atoms with Crippen molar-refractivity contribution in [3.63, 3.8) is 0 Å². The van der Waals surface area contributed by atoms with Gasteiger partial charge < -0.3 is 19.5 Å². The molecular weight excluding hydrogens is 628 g/mol. The van der Waals surface area contributed by atoms with Crippen molar-refractivity contribution >= 4 is 50.7 Å². The Hall–Kier alpha value is -2.70. The summed E-state index contributed by atoms with van der Waals surface area (Å²) in [6.45, 7) is -0.210. The fraction of sp³-hybridized carbons (Fsp3) is 0.433. The molecule has 2 bridgehead atoms. The summed E-state index contributed by atoms with van der Waals surface area (Å²) in [5.74, 6) is -2.69. The van der Waals surface area contributed by atoms with E-state index in [9.17, 15) is 28.2 Å². The second kappa shape index (κ2) is 10.4. The van der Waals surface area contributed by atoms with Crippen molar-refractivity contribution in [3.8, 4) is 11.3 Å². The molecule has 0 saturated heterocycles. The number of carboxylic acid groups (broad SMARTS) is 1. The Kier molecular flexibility index (Phi) is 7.05. The van der Waals surface area contributed by atoms with E-state index in [4.69, 9.17) is 32.5 Å². The number of thiazole rings is 1. The Morgan fingerprint density at radius 1 is 1.14 bits per heavy atom. The van der Waals surface area contributed by atoms with Crippen molar-refractivity contribution < 1.29 is 37.4 Å². The molecule has 226 valence electrons. The van der Waals surface area contributed by atoms with Crippen molar-refractivity contribution in [2.24, 2.45) is 11.8 Å². The minimum absolute atomic E-state index is 0.0504. The molecule has 0 spiro atoms. The molecule has 1 unspecified atom stereocenters. The SMILES string of the molecule is O=C(O)c1cc(F)c2nc([C@@]3(O)[C@@H]4CC[C@H]3CC(OCc3c(-c5c(Cl)cccc5Cl)noc3C3CC3)(C(F)F)C4)sc2c1. The van der Waals surface area contributed by atoms with Crippen LogP contribution in [0.5, 0.6) is 0 Å². The maximum atomic E-state index is 15.0. The highest BCUT2D eigenvalue weighted by atomic mass is 35.5. The molecule has 2 aromatic heterocycles. The normalized spacial score (nSPS) is 27.0. The third-order valence-electron chi connectivity index (χ3n) is 9.20. The molecule has 13 heteroatoms. The van der Waals surface area contributed by atoms with Gasteiger partial charge >= 0.3 is 5.97 Å². The number of aromatic carboxylic acids is 1. The van der Waals surface area contributed by atoms with Gasteiger partial charge in [-0.25, -0.2) is 22.9 Å². The van der Waals surface area contributed by atoms with Crippen LogP contribution < -0.4 is 0 Å². The fourth-order valence-electron chi connectivity index (χ4n) is 6.86. The number of aliphatic hydroxyl groups is 1. The van der Waals surface area contributed by atoms with Crippen LogP contribution in [0.1, 0.15) is 71.1 Å². The van der Waals surface area contributed by atoms with E-state index in [-0.39, 0.29) is 46.2 Å². The van der Waals surface area contributed by atoms with Crippen LogP contribution in [0.4, 0.5) is 13.2 Å². The second-order valence-electron chi connectivity index (χ2n) is 11.7. The van der Waals surface area contributed by atoms with Crippen LogP contribution in [0.3, 0.4) is 0 Å². The van der Waals surface area contributed by atoms with Crippen LogP contribution in [0.15, 0.2) is 34.9 Å². The van der Waals surface area contributed by atoms with Crippen LogP contribution in [0, 0.1) is 17.7 Å². The van der Waals surface area contributed by atoms with Crippen LogP contribution >= 0.6 is 34.5 Å². The molecule has 4 aromatic rings. The van der Waals surface area contributed by atoms with Gasteiger partial charge in [0.05, 0.1) is 26.9 Å². The molecule has 0 radical (unpaired) electrons. The molecule has 2 aromatic carbocycles. The zero-order valence-corrected chi connectivity index (χ0v) is 24.8. The van der Waals surface area contributed by atoms with Gasteiger partial charge in [0.15, 0.2) is 5.82 Å². The third kappa shape index (κ3) is 4.66. The van der Waals surface area contributed by atoms with Crippen molar-refractivity contribution in [1.29, 1.82) is 0 Å². The van der Waals surface area contributed by atoms with Gasteiger partial charge in [0, 0.05) is 17.0 Å². The number of benzene rings is 2. The lowest BCUT2D eigenvalue weighted by molar-refractivity contribution is -0.215. The predicted octanol–water partition coefficient (Wildman–Crippen LogP) is 8.20. The monoisotopic (exact) mass is 652 g/mol. The van der Waals surface area contributed by atoms with Crippen molar-refractivity contribution in [2.45, 2.75) is 68.7 Å². The van der Waals surface area contributed by atoms with Gasteiger partial charge in [0.25, 0.3) is 6.43 Å². The summed E-state index contributed by atoms with van der Waals surface area (Å²) >= 11 is 13.9. The molecule has 7 nitrogen and oxygen atoms in total. The van der Waals surface area contributed by atoms with E-state index in [1.54, 1.807) is 18.2 Å². The van der Waals surface area contributed by atoms with Crippen LogP contribution in [0.25, 0.3) is 21.5 Å². The summed E-state index contributed by atoms with van der Waals surface area (Å²) in [7, 11) is 0. The second-order valence-corrected chi connectivity index (χ2v) is 13.6. The van der Waals surface area contributed by atoms with Gasteiger partial charge in [0.1, 0.15) is 33.2 Å². The first-order valence-corrected chi connectivity index (χ1v) is 15.5. The van der Waals surface area contributed by atoms with Crippen molar-refractivity contribution in [1.82, 2.24) is 10.1 Å². The molecule has 3 fully saturated rings. The Labute approximate surface area is 257 Å². The Morgan fingerprint density at radius 2 is 1.81 bits per heavy atom. The molecule has 2 N–H and O–H groups in total. The number of alkyl halides is 2. The summed E-state index contributed by atoms with van der Waals surface area (Å²) in [5.41, 5.74) is -2.40.